The summed E-state index contributed by atoms with van der Waals surface area (Å²) in [5.74, 6) is -0.157. The number of nitro benzene ring substituents is 1. The number of halogens is 1. The van der Waals surface area contributed by atoms with Gasteiger partial charge in [-0.15, -0.1) is 0 Å². The maximum atomic E-state index is 12.7. The van der Waals surface area contributed by atoms with Gasteiger partial charge in [-0.05, 0) is 42.7 Å². The van der Waals surface area contributed by atoms with Crippen LogP contribution in [0.15, 0.2) is 42.5 Å². The lowest BCUT2D eigenvalue weighted by Crippen LogP contribution is -2.24. The number of hydrogen-bond acceptors (Lipinski definition) is 5. The van der Waals surface area contributed by atoms with Crippen LogP contribution in [-0.2, 0) is 16.0 Å². The Morgan fingerprint density at radius 1 is 1.28 bits per heavy atom. The van der Waals surface area contributed by atoms with Gasteiger partial charge < -0.3 is 10.6 Å². The number of nitrogens with one attached hydrogen (secondary N) is 2. The number of carbonyl (C=O) groups is 2. The molecule has 0 saturated carbocycles. The minimum atomic E-state index is -0.797. The van der Waals surface area contributed by atoms with Gasteiger partial charge in [0.05, 0.1) is 17.0 Å². The number of fused-ring (bicyclic) bond motifs is 1. The largest absolute Gasteiger partial charge is 0.326 e. The topological polar surface area (TPSA) is 119 Å². The van der Waals surface area contributed by atoms with E-state index in [1.165, 1.54) is 18.2 Å². The van der Waals surface area contributed by atoms with Gasteiger partial charge in [0.15, 0.2) is 0 Å². The zero-order valence-corrected chi connectivity index (χ0v) is 18.1. The van der Waals surface area contributed by atoms with E-state index in [1.807, 2.05) is 19.1 Å². The van der Waals surface area contributed by atoms with Crippen molar-refractivity contribution in [2.24, 2.45) is 0 Å². The van der Waals surface area contributed by atoms with Gasteiger partial charge in [0, 0.05) is 28.4 Å². The molecule has 1 unspecified atom stereocenters. The third-order valence-electron chi connectivity index (χ3n) is 5.36. The number of carbonyl (C=O) groups excluding carboxylic acids is 2. The van der Waals surface area contributed by atoms with Gasteiger partial charge in [-0.2, -0.15) is 5.10 Å². The van der Waals surface area contributed by atoms with Crippen molar-refractivity contribution in [3.8, 4) is 11.1 Å². The molecule has 1 aliphatic rings. The van der Waals surface area contributed by atoms with Crippen molar-refractivity contribution in [2.45, 2.75) is 32.7 Å². The summed E-state index contributed by atoms with van der Waals surface area (Å²) in [5.41, 5.74) is 3.45. The van der Waals surface area contributed by atoms with Crippen LogP contribution in [0.4, 0.5) is 17.2 Å². The monoisotopic (exact) mass is 453 g/mol. The van der Waals surface area contributed by atoms with Crippen molar-refractivity contribution >= 4 is 40.6 Å². The molecule has 2 N–H and O–H groups in total. The number of nitro groups is 1. The van der Waals surface area contributed by atoms with Gasteiger partial charge in [-0.3, -0.25) is 19.7 Å². The molecule has 1 atom stereocenters. The van der Waals surface area contributed by atoms with Gasteiger partial charge in [0.1, 0.15) is 11.9 Å². The van der Waals surface area contributed by atoms with E-state index in [2.05, 4.69) is 15.7 Å². The van der Waals surface area contributed by atoms with Crippen LogP contribution >= 0.6 is 11.6 Å². The van der Waals surface area contributed by atoms with Crippen molar-refractivity contribution in [1.82, 2.24) is 9.78 Å². The van der Waals surface area contributed by atoms with Gasteiger partial charge in [0.2, 0.25) is 5.91 Å². The maximum absolute atomic E-state index is 12.7. The summed E-state index contributed by atoms with van der Waals surface area (Å²) < 4.78 is 1.56. The predicted octanol–water partition coefficient (Wildman–Crippen LogP) is 4.50. The van der Waals surface area contributed by atoms with E-state index in [4.69, 9.17) is 11.6 Å². The van der Waals surface area contributed by atoms with E-state index in [1.54, 1.807) is 23.7 Å². The van der Waals surface area contributed by atoms with Gasteiger partial charge in [-0.1, -0.05) is 30.7 Å². The van der Waals surface area contributed by atoms with E-state index in [0.29, 0.717) is 28.5 Å². The van der Waals surface area contributed by atoms with Crippen molar-refractivity contribution < 1.29 is 14.5 Å². The van der Waals surface area contributed by atoms with E-state index >= 15 is 0 Å². The highest BCUT2D eigenvalue weighted by molar-refractivity contribution is 6.30. The fourth-order valence-corrected chi connectivity index (χ4v) is 3.89. The molecular formula is C22H20ClN5O4. The molecule has 0 spiro atoms. The number of aryl methyl sites for hydroxylation is 2. The van der Waals surface area contributed by atoms with Crippen LogP contribution in [0, 0.1) is 17.0 Å². The van der Waals surface area contributed by atoms with Crippen molar-refractivity contribution in [2.75, 3.05) is 10.6 Å². The number of rotatable bonds is 6. The lowest BCUT2D eigenvalue weighted by molar-refractivity contribution is -0.384. The zero-order valence-electron chi connectivity index (χ0n) is 17.4. The van der Waals surface area contributed by atoms with E-state index < -0.39 is 16.9 Å². The summed E-state index contributed by atoms with van der Waals surface area (Å²) >= 11 is 6.00. The number of nitrogens with zero attached hydrogens (tertiary/aromatic N) is 3. The van der Waals surface area contributed by atoms with Gasteiger partial charge in [-0.25, -0.2) is 4.68 Å². The molecule has 0 aliphatic carbocycles. The first kappa shape index (κ1) is 21.5. The Morgan fingerprint density at radius 2 is 2.00 bits per heavy atom. The summed E-state index contributed by atoms with van der Waals surface area (Å²) in [6.07, 6.45) is 0.523. The summed E-state index contributed by atoms with van der Waals surface area (Å²) in [4.78, 5) is 35.7. The van der Waals surface area contributed by atoms with E-state index in [9.17, 15) is 19.7 Å². The first-order valence-corrected chi connectivity index (χ1v) is 10.4. The molecule has 0 radical (unpaired) electrons. The minimum Gasteiger partial charge on any atom is -0.326 e. The molecule has 2 heterocycles. The van der Waals surface area contributed by atoms with Crippen molar-refractivity contribution in [1.29, 1.82) is 0 Å². The highest BCUT2D eigenvalue weighted by atomic mass is 35.5. The van der Waals surface area contributed by atoms with Crippen molar-refractivity contribution in [3.05, 3.63) is 68.9 Å². The Bertz CT molecular complexity index is 1240. The van der Waals surface area contributed by atoms with Crippen LogP contribution in [0.5, 0.6) is 0 Å². The smallest absolute Gasteiger partial charge is 0.269 e. The lowest BCUT2D eigenvalue weighted by atomic mass is 10.0. The second kappa shape index (κ2) is 8.43. The number of hydrogen-bond donors (Lipinski definition) is 2. The van der Waals surface area contributed by atoms with Gasteiger partial charge in [0.25, 0.3) is 11.6 Å². The SMILES string of the molecule is CCc1nn2c(c1-c1ccc(Cl)cc1)NC(=O)C2CC(=O)Nc1ccc([N+](=O)[O-])cc1C. The number of amides is 2. The first-order valence-electron chi connectivity index (χ1n) is 10.0. The molecular weight excluding hydrogens is 434 g/mol. The summed E-state index contributed by atoms with van der Waals surface area (Å²) in [6.45, 7) is 3.64. The predicted molar refractivity (Wildman–Crippen MR) is 121 cm³/mol. The summed E-state index contributed by atoms with van der Waals surface area (Å²) in [7, 11) is 0. The molecule has 164 valence electrons. The fraction of sp³-hybridized carbons (Fsp3) is 0.227. The molecule has 1 aromatic heterocycles. The Morgan fingerprint density at radius 3 is 2.62 bits per heavy atom. The second-order valence-corrected chi connectivity index (χ2v) is 7.93. The second-order valence-electron chi connectivity index (χ2n) is 7.49. The van der Waals surface area contributed by atoms with Gasteiger partial charge >= 0.3 is 0 Å². The first-order chi connectivity index (χ1) is 15.3. The standard InChI is InChI=1S/C22H20ClN5O4/c1-3-16-20(13-4-6-14(23)7-5-13)21-25-22(30)18(27(21)26-16)11-19(29)24-17-9-8-15(28(31)32)10-12(17)2/h4-10,18H,3,11H2,1-2H3,(H,24,29)(H,25,30). The Kier molecular flexibility index (Phi) is 5.67. The summed E-state index contributed by atoms with van der Waals surface area (Å²) in [6, 6.07) is 10.7. The molecule has 0 saturated heterocycles. The molecule has 1 aliphatic heterocycles. The highest BCUT2D eigenvalue weighted by Gasteiger charge is 2.36. The fourth-order valence-electron chi connectivity index (χ4n) is 3.76. The molecule has 0 fully saturated rings. The molecule has 9 nitrogen and oxygen atoms in total. The molecule has 2 aromatic carbocycles. The summed E-state index contributed by atoms with van der Waals surface area (Å²) in [5, 5.41) is 21.7. The molecule has 3 aromatic rings. The third kappa shape index (κ3) is 3.94. The third-order valence-corrected chi connectivity index (χ3v) is 5.62. The Labute approximate surface area is 188 Å². The maximum Gasteiger partial charge on any atom is 0.269 e. The van der Waals surface area contributed by atoms with Crippen LogP contribution in [0.25, 0.3) is 11.1 Å². The average molecular weight is 454 g/mol. The van der Waals surface area contributed by atoms with Crippen LogP contribution in [0.3, 0.4) is 0 Å². The molecule has 4 rings (SSSR count). The van der Waals surface area contributed by atoms with Crippen LogP contribution in [-0.4, -0.2) is 26.5 Å². The number of aromatic nitrogens is 2. The molecule has 2 amide bonds. The Hall–Kier alpha value is -3.72. The highest BCUT2D eigenvalue weighted by Crippen LogP contribution is 2.39. The van der Waals surface area contributed by atoms with Crippen LogP contribution in [0.1, 0.15) is 30.6 Å². The molecule has 0 bridgehead atoms. The quantitative estimate of drug-likeness (QED) is 0.420. The number of benzene rings is 2. The number of anilines is 2. The lowest BCUT2D eigenvalue weighted by Gasteiger charge is -2.11. The Balaban J connectivity index is 1.58. The van der Waals surface area contributed by atoms with E-state index in [0.717, 1.165) is 16.8 Å². The van der Waals surface area contributed by atoms with Crippen LogP contribution in [0.2, 0.25) is 5.02 Å². The van der Waals surface area contributed by atoms with E-state index in [-0.39, 0.29) is 18.0 Å². The average Bonchev–Trinajstić information content (AvgIpc) is 3.25. The molecule has 32 heavy (non-hydrogen) atoms. The minimum absolute atomic E-state index is 0.0568. The van der Waals surface area contributed by atoms with Crippen LogP contribution < -0.4 is 10.6 Å². The number of non-ortho nitro benzene ring substituents is 1. The normalized spacial score (nSPS) is 14.7. The zero-order chi connectivity index (χ0) is 23.0. The van der Waals surface area contributed by atoms with Crippen molar-refractivity contribution in [3.63, 3.8) is 0 Å². The molecule has 10 heteroatoms.